The Morgan fingerprint density at radius 3 is 2.55 bits per heavy atom. The van der Waals surface area contributed by atoms with Crippen molar-refractivity contribution in [2.45, 2.75) is 53.4 Å². The molecule has 0 amide bonds. The molecule has 0 saturated carbocycles. The van der Waals surface area contributed by atoms with E-state index in [1.165, 1.54) is 31.3 Å². The number of hydrogen-bond acceptors (Lipinski definition) is 0. The van der Waals surface area contributed by atoms with Crippen molar-refractivity contribution < 1.29 is 0 Å². The molecule has 0 aliphatic carbocycles. The van der Waals surface area contributed by atoms with Gasteiger partial charge in [0, 0.05) is 0 Å². The predicted octanol–water partition coefficient (Wildman–Crippen LogP) is 4.17. The molecule has 0 fully saturated rings. The average molecular weight is 154 g/mol. The van der Waals surface area contributed by atoms with Gasteiger partial charge in [-0.25, -0.2) is 0 Å². The average Bonchev–Trinajstić information content (AvgIpc) is 2.04. The van der Waals surface area contributed by atoms with Crippen LogP contribution in [0.1, 0.15) is 53.4 Å². The molecule has 0 spiro atoms. The van der Waals surface area contributed by atoms with Gasteiger partial charge in [-0.1, -0.05) is 38.3 Å². The SMILES string of the molecule is C/C=C(/C)CCCC(C)CC. The van der Waals surface area contributed by atoms with Crippen molar-refractivity contribution in [2.24, 2.45) is 5.92 Å². The van der Waals surface area contributed by atoms with E-state index in [1.54, 1.807) is 0 Å². The Hall–Kier alpha value is -0.260. The summed E-state index contributed by atoms with van der Waals surface area (Å²) in [6, 6.07) is 0. The van der Waals surface area contributed by atoms with Crippen LogP contribution in [0.15, 0.2) is 11.6 Å². The van der Waals surface area contributed by atoms with Gasteiger partial charge in [0.25, 0.3) is 0 Å². The van der Waals surface area contributed by atoms with Crippen molar-refractivity contribution in [1.29, 1.82) is 0 Å². The molecule has 0 aromatic rings. The fourth-order valence-corrected chi connectivity index (χ4v) is 1.08. The van der Waals surface area contributed by atoms with Gasteiger partial charge in [0.1, 0.15) is 0 Å². The van der Waals surface area contributed by atoms with Gasteiger partial charge in [-0.05, 0) is 32.6 Å². The van der Waals surface area contributed by atoms with Crippen LogP contribution in [0.5, 0.6) is 0 Å². The van der Waals surface area contributed by atoms with Crippen molar-refractivity contribution in [2.75, 3.05) is 0 Å². The maximum Gasteiger partial charge on any atom is -0.0323 e. The Balaban J connectivity index is 3.27. The molecule has 0 heteroatoms. The highest BCUT2D eigenvalue weighted by Crippen LogP contribution is 2.13. The molecule has 1 atom stereocenters. The fraction of sp³-hybridized carbons (Fsp3) is 0.818. The second-order valence-corrected chi connectivity index (χ2v) is 3.54. The predicted molar refractivity (Wildman–Crippen MR) is 52.7 cm³/mol. The molecular weight excluding hydrogens is 132 g/mol. The maximum atomic E-state index is 2.34. The highest BCUT2D eigenvalue weighted by molar-refractivity contribution is 4.94. The highest BCUT2D eigenvalue weighted by Gasteiger charge is 1.97. The van der Waals surface area contributed by atoms with Crippen molar-refractivity contribution in [1.82, 2.24) is 0 Å². The van der Waals surface area contributed by atoms with E-state index < -0.39 is 0 Å². The molecule has 1 unspecified atom stereocenters. The lowest BCUT2D eigenvalue weighted by atomic mass is 10.00. The lowest BCUT2D eigenvalue weighted by Crippen LogP contribution is -1.91. The Kier molecular flexibility index (Phi) is 6.30. The summed E-state index contributed by atoms with van der Waals surface area (Å²) >= 11 is 0. The van der Waals surface area contributed by atoms with Gasteiger partial charge in [0.05, 0.1) is 0 Å². The Labute approximate surface area is 71.7 Å². The van der Waals surface area contributed by atoms with Crippen molar-refractivity contribution in [3.63, 3.8) is 0 Å². The molecular formula is C11H22. The molecule has 0 N–H and O–H groups in total. The third-order valence-corrected chi connectivity index (χ3v) is 2.46. The molecule has 11 heavy (non-hydrogen) atoms. The second-order valence-electron chi connectivity index (χ2n) is 3.54. The van der Waals surface area contributed by atoms with Crippen LogP contribution in [-0.4, -0.2) is 0 Å². The van der Waals surface area contributed by atoms with E-state index in [9.17, 15) is 0 Å². The van der Waals surface area contributed by atoms with E-state index in [0.717, 1.165) is 5.92 Å². The van der Waals surface area contributed by atoms with Gasteiger partial charge in [-0.3, -0.25) is 0 Å². The summed E-state index contributed by atoms with van der Waals surface area (Å²) in [6.45, 7) is 8.95. The van der Waals surface area contributed by atoms with E-state index in [2.05, 4.69) is 33.8 Å². The first-order chi connectivity index (χ1) is 5.20. The highest BCUT2D eigenvalue weighted by atomic mass is 14.0. The van der Waals surface area contributed by atoms with Crippen LogP contribution in [0.2, 0.25) is 0 Å². The van der Waals surface area contributed by atoms with E-state index in [0.29, 0.717) is 0 Å². The first-order valence-corrected chi connectivity index (χ1v) is 4.82. The van der Waals surface area contributed by atoms with Crippen LogP contribution >= 0.6 is 0 Å². The number of hydrogen-bond donors (Lipinski definition) is 0. The van der Waals surface area contributed by atoms with E-state index in [4.69, 9.17) is 0 Å². The molecule has 66 valence electrons. The zero-order chi connectivity index (χ0) is 8.69. The molecule has 0 saturated heterocycles. The van der Waals surface area contributed by atoms with Crippen molar-refractivity contribution in [3.05, 3.63) is 11.6 Å². The van der Waals surface area contributed by atoms with Crippen LogP contribution in [0.3, 0.4) is 0 Å². The topological polar surface area (TPSA) is 0 Å². The van der Waals surface area contributed by atoms with E-state index >= 15 is 0 Å². The maximum absolute atomic E-state index is 2.34. The van der Waals surface area contributed by atoms with Crippen LogP contribution in [-0.2, 0) is 0 Å². The first-order valence-electron chi connectivity index (χ1n) is 4.82. The molecule has 0 aromatic heterocycles. The van der Waals surface area contributed by atoms with Crippen LogP contribution < -0.4 is 0 Å². The minimum Gasteiger partial charge on any atom is -0.0887 e. The minimum absolute atomic E-state index is 0.916. The van der Waals surface area contributed by atoms with Crippen molar-refractivity contribution in [3.8, 4) is 0 Å². The molecule has 0 aliphatic rings. The van der Waals surface area contributed by atoms with Crippen LogP contribution in [0.4, 0.5) is 0 Å². The van der Waals surface area contributed by atoms with Crippen molar-refractivity contribution >= 4 is 0 Å². The van der Waals surface area contributed by atoms with Crippen LogP contribution in [0, 0.1) is 5.92 Å². The monoisotopic (exact) mass is 154 g/mol. The summed E-state index contributed by atoms with van der Waals surface area (Å²) in [6.07, 6.45) is 7.60. The standard InChI is InChI=1S/C11H22/c1-5-10(3)8-7-9-11(4)6-2/h5,11H,6-9H2,1-4H3/b10-5-. The largest absolute Gasteiger partial charge is 0.0887 e. The van der Waals surface area contributed by atoms with Gasteiger partial charge in [-0.15, -0.1) is 0 Å². The quantitative estimate of drug-likeness (QED) is 0.521. The summed E-state index contributed by atoms with van der Waals surface area (Å²) in [5.74, 6) is 0.916. The number of allylic oxidation sites excluding steroid dienone is 2. The number of rotatable bonds is 5. The molecule has 0 bridgehead atoms. The second kappa shape index (κ2) is 6.45. The molecule has 0 aromatic carbocycles. The summed E-state index contributed by atoms with van der Waals surface area (Å²) < 4.78 is 0. The molecule has 0 radical (unpaired) electrons. The zero-order valence-corrected chi connectivity index (χ0v) is 8.48. The van der Waals surface area contributed by atoms with Gasteiger partial charge in [0.2, 0.25) is 0 Å². The summed E-state index contributed by atoms with van der Waals surface area (Å²) in [5, 5.41) is 0. The molecule has 0 heterocycles. The summed E-state index contributed by atoms with van der Waals surface area (Å²) in [5.41, 5.74) is 1.54. The lowest BCUT2D eigenvalue weighted by Gasteiger charge is -2.07. The Morgan fingerprint density at radius 1 is 1.45 bits per heavy atom. The van der Waals surface area contributed by atoms with Gasteiger partial charge in [-0.2, -0.15) is 0 Å². The lowest BCUT2D eigenvalue weighted by molar-refractivity contribution is 0.495. The van der Waals surface area contributed by atoms with Crippen LogP contribution in [0.25, 0.3) is 0 Å². The van der Waals surface area contributed by atoms with Gasteiger partial charge in [0.15, 0.2) is 0 Å². The normalized spacial score (nSPS) is 15.1. The molecule has 0 nitrogen and oxygen atoms in total. The smallest absolute Gasteiger partial charge is 0.0323 e. The van der Waals surface area contributed by atoms with Gasteiger partial charge < -0.3 is 0 Å². The first kappa shape index (κ1) is 10.7. The van der Waals surface area contributed by atoms with Gasteiger partial charge >= 0.3 is 0 Å². The minimum atomic E-state index is 0.916. The summed E-state index contributed by atoms with van der Waals surface area (Å²) in [4.78, 5) is 0. The third-order valence-electron chi connectivity index (χ3n) is 2.46. The zero-order valence-electron chi connectivity index (χ0n) is 8.48. The molecule has 0 rings (SSSR count). The Morgan fingerprint density at radius 2 is 2.09 bits per heavy atom. The third kappa shape index (κ3) is 6.15. The van der Waals surface area contributed by atoms with E-state index in [-0.39, 0.29) is 0 Å². The Bertz CT molecular complexity index is 111. The summed E-state index contributed by atoms with van der Waals surface area (Å²) in [7, 11) is 0. The fourth-order valence-electron chi connectivity index (χ4n) is 1.08. The molecule has 0 aliphatic heterocycles. The van der Waals surface area contributed by atoms with E-state index in [1.807, 2.05) is 0 Å².